The zero-order valence-electron chi connectivity index (χ0n) is 12.7. The van der Waals surface area contributed by atoms with Gasteiger partial charge in [-0.25, -0.2) is 0 Å². The van der Waals surface area contributed by atoms with Gasteiger partial charge in [-0.1, -0.05) is 35.3 Å². The molecule has 0 unspecified atom stereocenters. The molecule has 1 amide bonds. The number of rotatable bonds is 5. The van der Waals surface area contributed by atoms with E-state index in [1.54, 1.807) is 24.3 Å². The smallest absolute Gasteiger partial charge is 0.354 e. The number of nitrogens with zero attached hydrogens (tertiary/aromatic N) is 1. The van der Waals surface area contributed by atoms with Crippen LogP contribution in [0.4, 0.5) is 13.2 Å². The highest BCUT2D eigenvalue weighted by Gasteiger charge is 2.32. The summed E-state index contributed by atoms with van der Waals surface area (Å²) < 4.78 is 38.9. The Hall–Kier alpha value is -1.99. The number of amides is 1. The summed E-state index contributed by atoms with van der Waals surface area (Å²) in [7, 11) is 0. The van der Waals surface area contributed by atoms with E-state index < -0.39 is 34.8 Å². The van der Waals surface area contributed by atoms with Gasteiger partial charge in [0.05, 0.1) is 5.56 Å². The molecule has 0 spiro atoms. The maximum absolute atomic E-state index is 12.8. The van der Waals surface area contributed by atoms with Crippen molar-refractivity contribution in [2.45, 2.75) is 19.1 Å². The molecule has 0 aliphatic heterocycles. The third-order valence-electron chi connectivity index (χ3n) is 3.33. The number of pyridine rings is 1. The number of aromatic nitrogens is 1. The Labute approximate surface area is 151 Å². The SMILES string of the molecule is O=C(Cn1cc(C(F)(F)F)cc(Cl)c1=O)NCCc1ccc(Cl)cc1. The molecule has 25 heavy (non-hydrogen) atoms. The van der Waals surface area contributed by atoms with Crippen molar-refractivity contribution in [1.29, 1.82) is 0 Å². The predicted octanol–water partition coefficient (Wildman–Crippen LogP) is 3.53. The van der Waals surface area contributed by atoms with E-state index >= 15 is 0 Å². The lowest BCUT2D eigenvalue weighted by molar-refractivity contribution is -0.138. The predicted molar refractivity (Wildman–Crippen MR) is 88.9 cm³/mol. The Balaban J connectivity index is 1.99. The van der Waals surface area contributed by atoms with Crippen LogP contribution in [0.1, 0.15) is 11.1 Å². The second kappa shape index (κ2) is 7.93. The molecular weight excluding hydrogens is 380 g/mol. The van der Waals surface area contributed by atoms with Gasteiger partial charge in [0, 0.05) is 17.8 Å². The lowest BCUT2D eigenvalue weighted by Gasteiger charge is -2.12. The zero-order chi connectivity index (χ0) is 18.6. The van der Waals surface area contributed by atoms with Crippen molar-refractivity contribution in [2.75, 3.05) is 6.54 Å². The molecule has 2 aromatic rings. The van der Waals surface area contributed by atoms with Gasteiger partial charge in [-0.2, -0.15) is 13.2 Å². The number of halogens is 5. The van der Waals surface area contributed by atoms with Crippen LogP contribution in [0.2, 0.25) is 10.0 Å². The van der Waals surface area contributed by atoms with Crippen molar-refractivity contribution in [3.63, 3.8) is 0 Å². The van der Waals surface area contributed by atoms with Crippen molar-refractivity contribution in [3.05, 3.63) is 68.1 Å². The van der Waals surface area contributed by atoms with E-state index in [9.17, 15) is 22.8 Å². The molecule has 9 heteroatoms. The summed E-state index contributed by atoms with van der Waals surface area (Å²) in [5.41, 5.74) is -1.02. The van der Waals surface area contributed by atoms with Crippen LogP contribution in [0, 0.1) is 0 Å². The number of hydrogen-bond donors (Lipinski definition) is 1. The standard InChI is InChI=1S/C16H13Cl2F3N2O2/c17-12-3-1-10(2-4-12)5-6-22-14(24)9-23-8-11(16(19,20)21)7-13(18)15(23)25/h1-4,7-8H,5-6,9H2,(H,22,24). The fourth-order valence-corrected chi connectivity index (χ4v) is 2.43. The Morgan fingerprint density at radius 1 is 1.16 bits per heavy atom. The first-order valence-electron chi connectivity index (χ1n) is 7.15. The van der Waals surface area contributed by atoms with E-state index in [2.05, 4.69) is 5.32 Å². The Morgan fingerprint density at radius 3 is 2.40 bits per heavy atom. The number of nitrogens with one attached hydrogen (secondary N) is 1. The normalized spacial score (nSPS) is 11.4. The van der Waals surface area contributed by atoms with E-state index in [1.807, 2.05) is 0 Å². The molecule has 0 aliphatic carbocycles. The molecule has 0 radical (unpaired) electrons. The highest BCUT2D eigenvalue weighted by molar-refractivity contribution is 6.30. The van der Waals surface area contributed by atoms with Crippen LogP contribution in [-0.2, 0) is 23.9 Å². The van der Waals surface area contributed by atoms with E-state index in [-0.39, 0.29) is 6.54 Å². The number of carbonyl (C=O) groups is 1. The number of carbonyl (C=O) groups excluding carboxylic acids is 1. The molecule has 1 N–H and O–H groups in total. The second-order valence-corrected chi connectivity index (χ2v) is 6.08. The molecule has 0 atom stereocenters. The van der Waals surface area contributed by atoms with Gasteiger partial charge >= 0.3 is 6.18 Å². The summed E-state index contributed by atoms with van der Waals surface area (Å²) in [6, 6.07) is 7.56. The maximum Gasteiger partial charge on any atom is 0.417 e. The van der Waals surface area contributed by atoms with Crippen LogP contribution in [0.15, 0.2) is 41.3 Å². The minimum Gasteiger partial charge on any atom is -0.354 e. The molecule has 0 aliphatic rings. The van der Waals surface area contributed by atoms with Crippen LogP contribution < -0.4 is 10.9 Å². The van der Waals surface area contributed by atoms with Gasteiger partial charge in [0.15, 0.2) is 0 Å². The van der Waals surface area contributed by atoms with Gasteiger partial charge in [0.1, 0.15) is 11.6 Å². The third-order valence-corrected chi connectivity index (χ3v) is 3.86. The van der Waals surface area contributed by atoms with E-state index in [4.69, 9.17) is 23.2 Å². The van der Waals surface area contributed by atoms with E-state index in [1.165, 1.54) is 0 Å². The monoisotopic (exact) mass is 392 g/mol. The summed E-state index contributed by atoms with van der Waals surface area (Å²) in [5, 5.41) is 2.54. The number of alkyl halides is 3. The van der Waals surface area contributed by atoms with E-state index in [0.29, 0.717) is 28.3 Å². The van der Waals surface area contributed by atoms with Gasteiger partial charge in [-0.3, -0.25) is 9.59 Å². The van der Waals surface area contributed by atoms with Crippen LogP contribution in [0.5, 0.6) is 0 Å². The van der Waals surface area contributed by atoms with Crippen molar-refractivity contribution in [1.82, 2.24) is 9.88 Å². The molecule has 134 valence electrons. The average Bonchev–Trinajstić information content (AvgIpc) is 2.52. The van der Waals surface area contributed by atoms with Crippen molar-refractivity contribution in [3.8, 4) is 0 Å². The van der Waals surface area contributed by atoms with Gasteiger partial charge < -0.3 is 9.88 Å². The number of hydrogen-bond acceptors (Lipinski definition) is 2. The molecule has 0 fully saturated rings. The highest BCUT2D eigenvalue weighted by atomic mass is 35.5. The lowest BCUT2D eigenvalue weighted by atomic mass is 10.1. The van der Waals surface area contributed by atoms with Crippen LogP contribution >= 0.6 is 23.2 Å². The second-order valence-electron chi connectivity index (χ2n) is 5.23. The maximum atomic E-state index is 12.8. The number of benzene rings is 1. The molecule has 1 heterocycles. The third kappa shape index (κ3) is 5.51. The Bertz CT molecular complexity index is 818. The van der Waals surface area contributed by atoms with Crippen molar-refractivity contribution in [2.24, 2.45) is 0 Å². The van der Waals surface area contributed by atoms with Crippen LogP contribution in [0.25, 0.3) is 0 Å². The molecule has 2 rings (SSSR count). The summed E-state index contributed by atoms with van der Waals surface area (Å²) in [5.74, 6) is -0.591. The Kier molecular flexibility index (Phi) is 6.13. The van der Waals surface area contributed by atoms with Gasteiger partial charge in [0.25, 0.3) is 5.56 Å². The first-order valence-corrected chi connectivity index (χ1v) is 7.91. The van der Waals surface area contributed by atoms with Crippen molar-refractivity contribution >= 4 is 29.1 Å². The molecule has 0 saturated carbocycles. The molecule has 0 bridgehead atoms. The lowest BCUT2D eigenvalue weighted by Crippen LogP contribution is -2.34. The topological polar surface area (TPSA) is 51.1 Å². The van der Waals surface area contributed by atoms with Crippen LogP contribution in [-0.4, -0.2) is 17.0 Å². The minimum atomic E-state index is -4.66. The first kappa shape index (κ1) is 19.3. The zero-order valence-corrected chi connectivity index (χ0v) is 14.3. The molecule has 1 aromatic carbocycles. The van der Waals surface area contributed by atoms with Gasteiger partial charge in [-0.15, -0.1) is 0 Å². The van der Waals surface area contributed by atoms with Crippen LogP contribution in [0.3, 0.4) is 0 Å². The fraction of sp³-hybridized carbons (Fsp3) is 0.250. The average molecular weight is 393 g/mol. The first-order chi connectivity index (χ1) is 11.7. The molecular formula is C16H13Cl2F3N2O2. The van der Waals surface area contributed by atoms with E-state index in [0.717, 1.165) is 5.56 Å². The summed E-state index contributed by atoms with van der Waals surface area (Å²) >= 11 is 11.3. The fourth-order valence-electron chi connectivity index (χ4n) is 2.08. The minimum absolute atomic E-state index is 0.266. The quantitative estimate of drug-likeness (QED) is 0.845. The highest BCUT2D eigenvalue weighted by Crippen LogP contribution is 2.29. The van der Waals surface area contributed by atoms with Crippen molar-refractivity contribution < 1.29 is 18.0 Å². The largest absolute Gasteiger partial charge is 0.417 e. The van der Waals surface area contributed by atoms with Gasteiger partial charge in [-0.05, 0) is 30.2 Å². The molecule has 1 aromatic heterocycles. The summed E-state index contributed by atoms with van der Waals surface area (Å²) in [4.78, 5) is 23.6. The van der Waals surface area contributed by atoms with Gasteiger partial charge in [0.2, 0.25) is 5.91 Å². The summed E-state index contributed by atoms with van der Waals surface area (Å²) in [6.07, 6.45) is -3.57. The molecule has 4 nitrogen and oxygen atoms in total. The molecule has 0 saturated heterocycles. The summed E-state index contributed by atoms with van der Waals surface area (Å²) in [6.45, 7) is -0.287. The Morgan fingerprint density at radius 2 is 1.80 bits per heavy atom.